The highest BCUT2D eigenvalue weighted by atomic mass is 16.5. The average molecular weight is 341 g/mol. The highest BCUT2D eigenvalue weighted by Crippen LogP contribution is 2.35. The number of para-hydroxylation sites is 2. The van der Waals surface area contributed by atoms with Crippen LogP contribution in [0.15, 0.2) is 24.3 Å². The quantitative estimate of drug-likeness (QED) is 0.757. The standard InChI is InChI=1S/C19H23N3O3/c1-2-25-18(24)12-22-16-6-4-3-5-15(16)20-19(22)14-9-17(23)21(11-14)10-13-7-8-13/h3-6,13-14H,2,7-12H2,1H3/t14-/m1/s1. The Hall–Kier alpha value is -2.37. The molecule has 1 saturated heterocycles. The molecule has 0 radical (unpaired) electrons. The summed E-state index contributed by atoms with van der Waals surface area (Å²) in [5, 5.41) is 0. The molecular weight excluding hydrogens is 318 g/mol. The Labute approximate surface area is 146 Å². The second-order valence-corrected chi connectivity index (χ2v) is 6.99. The van der Waals surface area contributed by atoms with Gasteiger partial charge in [0.1, 0.15) is 12.4 Å². The van der Waals surface area contributed by atoms with E-state index in [0.717, 1.165) is 23.4 Å². The highest BCUT2D eigenvalue weighted by Gasteiger charge is 2.37. The predicted molar refractivity (Wildman–Crippen MR) is 93.0 cm³/mol. The number of hydrogen-bond donors (Lipinski definition) is 0. The number of esters is 1. The lowest BCUT2D eigenvalue weighted by molar-refractivity contribution is -0.143. The van der Waals surface area contributed by atoms with Gasteiger partial charge in [-0.3, -0.25) is 9.59 Å². The molecule has 1 saturated carbocycles. The Morgan fingerprint density at radius 1 is 1.32 bits per heavy atom. The second-order valence-electron chi connectivity index (χ2n) is 6.99. The van der Waals surface area contributed by atoms with Gasteiger partial charge in [0.05, 0.1) is 17.6 Å². The molecule has 132 valence electrons. The Morgan fingerprint density at radius 3 is 2.88 bits per heavy atom. The maximum Gasteiger partial charge on any atom is 0.326 e. The van der Waals surface area contributed by atoms with E-state index in [0.29, 0.717) is 25.5 Å². The molecule has 1 atom stereocenters. The van der Waals surface area contributed by atoms with Crippen molar-refractivity contribution in [3.05, 3.63) is 30.1 Å². The molecule has 1 aromatic carbocycles. The van der Waals surface area contributed by atoms with Crippen LogP contribution in [0, 0.1) is 5.92 Å². The van der Waals surface area contributed by atoms with Gasteiger partial charge in [-0.1, -0.05) is 12.1 Å². The van der Waals surface area contributed by atoms with Crippen molar-refractivity contribution >= 4 is 22.9 Å². The van der Waals surface area contributed by atoms with Crippen LogP contribution in [0.2, 0.25) is 0 Å². The van der Waals surface area contributed by atoms with Crippen LogP contribution in [-0.4, -0.2) is 46.0 Å². The van der Waals surface area contributed by atoms with E-state index in [1.54, 1.807) is 6.92 Å². The molecule has 1 aliphatic heterocycles. The fourth-order valence-electron chi connectivity index (χ4n) is 3.64. The van der Waals surface area contributed by atoms with Crippen LogP contribution < -0.4 is 0 Å². The molecule has 1 amide bonds. The summed E-state index contributed by atoms with van der Waals surface area (Å²) in [5.74, 6) is 1.47. The molecule has 25 heavy (non-hydrogen) atoms. The molecule has 0 spiro atoms. The van der Waals surface area contributed by atoms with Gasteiger partial charge in [0.15, 0.2) is 0 Å². The highest BCUT2D eigenvalue weighted by molar-refractivity contribution is 5.82. The van der Waals surface area contributed by atoms with Gasteiger partial charge in [-0.25, -0.2) is 4.98 Å². The summed E-state index contributed by atoms with van der Waals surface area (Å²) in [6, 6.07) is 7.78. The smallest absolute Gasteiger partial charge is 0.326 e. The third-order valence-corrected chi connectivity index (χ3v) is 5.03. The van der Waals surface area contributed by atoms with E-state index >= 15 is 0 Å². The van der Waals surface area contributed by atoms with Gasteiger partial charge < -0.3 is 14.2 Å². The summed E-state index contributed by atoms with van der Waals surface area (Å²) in [6.45, 7) is 3.86. The first-order valence-corrected chi connectivity index (χ1v) is 9.04. The summed E-state index contributed by atoms with van der Waals surface area (Å²) in [4.78, 5) is 31.1. The van der Waals surface area contributed by atoms with Gasteiger partial charge in [-0.15, -0.1) is 0 Å². The Morgan fingerprint density at radius 2 is 2.12 bits per heavy atom. The minimum absolute atomic E-state index is 0.0353. The molecule has 2 aliphatic rings. The number of aromatic nitrogens is 2. The maximum absolute atomic E-state index is 12.4. The Bertz CT molecular complexity index is 809. The van der Waals surface area contributed by atoms with Gasteiger partial charge in [0.2, 0.25) is 5.91 Å². The fraction of sp³-hybridized carbons (Fsp3) is 0.526. The topological polar surface area (TPSA) is 64.4 Å². The van der Waals surface area contributed by atoms with Crippen LogP contribution in [-0.2, 0) is 20.9 Å². The molecule has 0 bridgehead atoms. The number of imidazole rings is 1. The van der Waals surface area contributed by atoms with E-state index in [-0.39, 0.29) is 24.3 Å². The number of rotatable bonds is 6. The number of hydrogen-bond acceptors (Lipinski definition) is 4. The van der Waals surface area contributed by atoms with Crippen LogP contribution in [0.4, 0.5) is 0 Å². The van der Waals surface area contributed by atoms with Crippen molar-refractivity contribution in [3.8, 4) is 0 Å². The molecule has 0 N–H and O–H groups in total. The van der Waals surface area contributed by atoms with Crippen LogP contribution >= 0.6 is 0 Å². The monoisotopic (exact) mass is 341 g/mol. The maximum atomic E-state index is 12.4. The largest absolute Gasteiger partial charge is 0.465 e. The van der Waals surface area contributed by atoms with Crippen LogP contribution in [0.3, 0.4) is 0 Å². The van der Waals surface area contributed by atoms with Gasteiger partial charge >= 0.3 is 5.97 Å². The average Bonchev–Trinajstić information content (AvgIpc) is 3.24. The lowest BCUT2D eigenvalue weighted by Gasteiger charge is -2.16. The summed E-state index contributed by atoms with van der Waals surface area (Å²) in [7, 11) is 0. The number of fused-ring (bicyclic) bond motifs is 1. The first-order valence-electron chi connectivity index (χ1n) is 9.04. The van der Waals surface area contributed by atoms with Gasteiger partial charge in [0.25, 0.3) is 0 Å². The van der Waals surface area contributed by atoms with E-state index in [9.17, 15) is 9.59 Å². The molecule has 4 rings (SSSR count). The normalized spacial score (nSPS) is 20.4. The zero-order chi connectivity index (χ0) is 17.4. The molecule has 6 heteroatoms. The van der Waals surface area contributed by atoms with Crippen LogP contribution in [0.25, 0.3) is 11.0 Å². The van der Waals surface area contributed by atoms with Gasteiger partial charge in [-0.05, 0) is 37.8 Å². The number of ether oxygens (including phenoxy) is 1. The van der Waals surface area contributed by atoms with Crippen molar-refractivity contribution < 1.29 is 14.3 Å². The van der Waals surface area contributed by atoms with E-state index < -0.39 is 0 Å². The number of likely N-dealkylation sites (tertiary alicyclic amines) is 1. The van der Waals surface area contributed by atoms with Crippen molar-refractivity contribution in [3.63, 3.8) is 0 Å². The molecule has 2 heterocycles. The number of amides is 1. The number of carbonyl (C=O) groups is 2. The Kier molecular flexibility index (Phi) is 4.19. The zero-order valence-electron chi connectivity index (χ0n) is 14.5. The van der Waals surface area contributed by atoms with E-state index in [1.807, 2.05) is 33.7 Å². The van der Waals surface area contributed by atoms with Crippen molar-refractivity contribution in [1.29, 1.82) is 0 Å². The van der Waals surface area contributed by atoms with Crippen LogP contribution in [0.1, 0.15) is 37.9 Å². The van der Waals surface area contributed by atoms with Gasteiger partial charge in [-0.2, -0.15) is 0 Å². The van der Waals surface area contributed by atoms with E-state index in [2.05, 4.69) is 0 Å². The second kappa shape index (κ2) is 6.50. The number of carbonyl (C=O) groups excluding carboxylic acids is 2. The minimum Gasteiger partial charge on any atom is -0.465 e. The first kappa shape index (κ1) is 16.1. The van der Waals surface area contributed by atoms with Crippen molar-refractivity contribution in [1.82, 2.24) is 14.5 Å². The molecule has 2 fully saturated rings. The third-order valence-electron chi connectivity index (χ3n) is 5.03. The summed E-state index contributed by atoms with van der Waals surface area (Å²) in [6.07, 6.45) is 2.94. The zero-order valence-corrected chi connectivity index (χ0v) is 14.5. The Balaban J connectivity index is 1.63. The number of benzene rings is 1. The molecule has 1 aromatic heterocycles. The predicted octanol–water partition coefficient (Wildman–Crippen LogP) is 2.33. The fourth-order valence-corrected chi connectivity index (χ4v) is 3.64. The molecule has 0 unspecified atom stereocenters. The first-order chi connectivity index (χ1) is 12.2. The molecular formula is C19H23N3O3. The third kappa shape index (κ3) is 3.25. The summed E-state index contributed by atoms with van der Waals surface area (Å²) < 4.78 is 7.04. The molecule has 6 nitrogen and oxygen atoms in total. The summed E-state index contributed by atoms with van der Waals surface area (Å²) in [5.41, 5.74) is 1.77. The van der Waals surface area contributed by atoms with E-state index in [4.69, 9.17) is 9.72 Å². The molecule has 1 aliphatic carbocycles. The van der Waals surface area contributed by atoms with Crippen molar-refractivity contribution in [2.24, 2.45) is 5.92 Å². The minimum atomic E-state index is -0.272. The molecule has 2 aromatic rings. The lowest BCUT2D eigenvalue weighted by atomic mass is 10.1. The SMILES string of the molecule is CCOC(=O)Cn1c([C@@H]2CC(=O)N(CC3CC3)C2)nc2ccccc21. The van der Waals surface area contributed by atoms with Crippen molar-refractivity contribution in [2.75, 3.05) is 19.7 Å². The number of nitrogens with zero attached hydrogens (tertiary/aromatic N) is 3. The summed E-state index contributed by atoms with van der Waals surface area (Å²) >= 11 is 0. The van der Waals surface area contributed by atoms with Crippen molar-refractivity contribution in [2.45, 2.75) is 38.6 Å². The lowest BCUT2D eigenvalue weighted by Crippen LogP contribution is -2.27. The van der Waals surface area contributed by atoms with Gasteiger partial charge in [0, 0.05) is 25.4 Å². The van der Waals surface area contributed by atoms with Crippen LogP contribution in [0.5, 0.6) is 0 Å². The van der Waals surface area contributed by atoms with E-state index in [1.165, 1.54) is 12.8 Å².